The van der Waals surface area contributed by atoms with Gasteiger partial charge in [-0.3, -0.25) is 0 Å². The highest BCUT2D eigenvalue weighted by Gasteiger charge is 2.20. The van der Waals surface area contributed by atoms with Crippen molar-refractivity contribution in [3.63, 3.8) is 0 Å². The van der Waals surface area contributed by atoms with Crippen molar-refractivity contribution in [2.24, 2.45) is 5.92 Å². The number of anilines is 1. The van der Waals surface area contributed by atoms with E-state index in [1.165, 1.54) is 0 Å². The van der Waals surface area contributed by atoms with Gasteiger partial charge in [0, 0.05) is 35.2 Å². The van der Waals surface area contributed by atoms with Gasteiger partial charge in [0.2, 0.25) is 5.95 Å². The molecule has 0 spiro atoms. The van der Waals surface area contributed by atoms with Gasteiger partial charge < -0.3 is 10.1 Å². The Bertz CT molecular complexity index is 325. The van der Waals surface area contributed by atoms with Crippen LogP contribution in [0.15, 0.2) is 12.4 Å². The average Bonchev–Trinajstić information content (AvgIpc) is 2.33. The number of ether oxygens (including phenoxy) is 1. The van der Waals surface area contributed by atoms with E-state index < -0.39 is 0 Å². The van der Waals surface area contributed by atoms with Crippen LogP contribution in [0.1, 0.15) is 19.8 Å². The number of aromatic nitrogens is 2. The first-order chi connectivity index (χ1) is 7.75. The molecule has 2 rings (SSSR count). The number of halogens is 1. The Morgan fingerprint density at radius 2 is 2.00 bits per heavy atom. The molecule has 2 heterocycles. The predicted octanol–water partition coefficient (Wildman–Crippen LogP) is 2.31. The van der Waals surface area contributed by atoms with Crippen molar-refractivity contribution in [2.45, 2.75) is 25.8 Å². The van der Waals surface area contributed by atoms with Gasteiger partial charge in [0.05, 0.1) is 0 Å². The Hall–Kier alpha value is -0.430. The lowest BCUT2D eigenvalue weighted by Gasteiger charge is -2.28. The highest BCUT2D eigenvalue weighted by atomic mass is 127. The van der Waals surface area contributed by atoms with Gasteiger partial charge in [-0.2, -0.15) is 0 Å². The molecule has 1 aromatic rings. The zero-order valence-corrected chi connectivity index (χ0v) is 11.5. The van der Waals surface area contributed by atoms with Crippen LogP contribution < -0.4 is 5.32 Å². The SMILES string of the molecule is CC(Nc1ncc(I)cn1)C1CCOCC1. The number of hydrogen-bond donors (Lipinski definition) is 1. The fourth-order valence-electron chi connectivity index (χ4n) is 1.92. The van der Waals surface area contributed by atoms with Crippen LogP contribution in [0.4, 0.5) is 5.95 Å². The second kappa shape index (κ2) is 5.77. The molecule has 1 aromatic heterocycles. The molecule has 0 radical (unpaired) electrons. The Kier molecular flexibility index (Phi) is 4.34. The summed E-state index contributed by atoms with van der Waals surface area (Å²) in [5.74, 6) is 1.39. The summed E-state index contributed by atoms with van der Waals surface area (Å²) in [6, 6.07) is 0.406. The van der Waals surface area contributed by atoms with Crippen molar-refractivity contribution in [2.75, 3.05) is 18.5 Å². The molecule has 0 saturated carbocycles. The van der Waals surface area contributed by atoms with Crippen molar-refractivity contribution >= 4 is 28.5 Å². The molecular formula is C11H16IN3O. The van der Waals surface area contributed by atoms with Crippen molar-refractivity contribution in [1.82, 2.24) is 9.97 Å². The minimum Gasteiger partial charge on any atom is -0.381 e. The van der Waals surface area contributed by atoms with Crippen LogP contribution in [0.3, 0.4) is 0 Å². The normalized spacial score (nSPS) is 19.4. The molecule has 0 aromatic carbocycles. The fraction of sp³-hybridized carbons (Fsp3) is 0.636. The van der Waals surface area contributed by atoms with Gasteiger partial charge in [0.1, 0.15) is 0 Å². The van der Waals surface area contributed by atoms with Gasteiger partial charge >= 0.3 is 0 Å². The quantitative estimate of drug-likeness (QED) is 0.863. The van der Waals surface area contributed by atoms with Crippen LogP contribution >= 0.6 is 22.6 Å². The van der Waals surface area contributed by atoms with Gasteiger partial charge in [0.15, 0.2) is 0 Å². The molecule has 4 nitrogen and oxygen atoms in total. The zero-order valence-electron chi connectivity index (χ0n) is 9.32. The summed E-state index contributed by atoms with van der Waals surface area (Å²) >= 11 is 2.20. The number of nitrogens with zero attached hydrogens (tertiary/aromatic N) is 2. The zero-order chi connectivity index (χ0) is 11.4. The van der Waals surface area contributed by atoms with Crippen LogP contribution in [0.2, 0.25) is 0 Å². The Morgan fingerprint density at radius 1 is 1.38 bits per heavy atom. The molecule has 1 atom stereocenters. The maximum Gasteiger partial charge on any atom is 0.222 e. The second-order valence-corrected chi connectivity index (χ2v) is 5.35. The lowest BCUT2D eigenvalue weighted by atomic mass is 9.93. The molecule has 1 unspecified atom stereocenters. The molecule has 1 aliphatic heterocycles. The van der Waals surface area contributed by atoms with Crippen LogP contribution in [0, 0.1) is 9.49 Å². The van der Waals surface area contributed by atoms with E-state index in [1.54, 1.807) is 0 Å². The third-order valence-electron chi connectivity index (χ3n) is 2.95. The first kappa shape index (κ1) is 12.0. The van der Waals surface area contributed by atoms with Gasteiger partial charge in [-0.25, -0.2) is 9.97 Å². The molecule has 1 aliphatic rings. The van der Waals surface area contributed by atoms with Crippen LogP contribution in [-0.2, 0) is 4.74 Å². The first-order valence-electron chi connectivity index (χ1n) is 5.57. The largest absolute Gasteiger partial charge is 0.381 e. The molecule has 0 amide bonds. The lowest BCUT2D eigenvalue weighted by Crippen LogP contribution is -2.31. The maximum absolute atomic E-state index is 5.36. The van der Waals surface area contributed by atoms with Gasteiger partial charge in [-0.1, -0.05) is 0 Å². The minimum absolute atomic E-state index is 0.406. The minimum atomic E-state index is 0.406. The molecule has 5 heteroatoms. The molecule has 0 bridgehead atoms. The van der Waals surface area contributed by atoms with Crippen LogP contribution in [0.25, 0.3) is 0 Å². The highest BCUT2D eigenvalue weighted by Crippen LogP contribution is 2.20. The number of hydrogen-bond acceptors (Lipinski definition) is 4. The van der Waals surface area contributed by atoms with E-state index in [4.69, 9.17) is 4.74 Å². The lowest BCUT2D eigenvalue weighted by molar-refractivity contribution is 0.0621. The first-order valence-corrected chi connectivity index (χ1v) is 6.65. The Morgan fingerprint density at radius 3 is 2.62 bits per heavy atom. The van der Waals surface area contributed by atoms with Crippen molar-refractivity contribution in [1.29, 1.82) is 0 Å². The summed E-state index contributed by atoms with van der Waals surface area (Å²) in [7, 11) is 0. The Labute approximate surface area is 109 Å². The fourth-order valence-corrected chi connectivity index (χ4v) is 2.20. The summed E-state index contributed by atoms with van der Waals surface area (Å²) in [6.07, 6.45) is 5.90. The molecule has 0 aliphatic carbocycles. The van der Waals surface area contributed by atoms with Crippen molar-refractivity contribution in [3.8, 4) is 0 Å². The highest BCUT2D eigenvalue weighted by molar-refractivity contribution is 14.1. The molecule has 16 heavy (non-hydrogen) atoms. The van der Waals surface area contributed by atoms with E-state index in [2.05, 4.69) is 44.8 Å². The smallest absolute Gasteiger partial charge is 0.222 e. The maximum atomic E-state index is 5.36. The summed E-state index contributed by atoms with van der Waals surface area (Å²) in [5.41, 5.74) is 0. The average molecular weight is 333 g/mol. The third-order valence-corrected chi connectivity index (χ3v) is 3.51. The molecule has 1 N–H and O–H groups in total. The second-order valence-electron chi connectivity index (χ2n) is 4.11. The molecule has 1 fully saturated rings. The topological polar surface area (TPSA) is 47.0 Å². The standard InChI is InChI=1S/C11H16IN3O/c1-8(9-2-4-16-5-3-9)15-11-13-6-10(12)7-14-11/h6-9H,2-5H2,1H3,(H,13,14,15). The van der Waals surface area contributed by atoms with Gasteiger partial charge in [-0.15, -0.1) is 0 Å². The van der Waals surface area contributed by atoms with E-state index in [-0.39, 0.29) is 0 Å². The summed E-state index contributed by atoms with van der Waals surface area (Å²) in [4.78, 5) is 8.50. The molecule has 88 valence electrons. The monoisotopic (exact) mass is 333 g/mol. The number of nitrogens with one attached hydrogen (secondary N) is 1. The van der Waals surface area contributed by atoms with E-state index in [9.17, 15) is 0 Å². The van der Waals surface area contributed by atoms with Gasteiger partial charge in [-0.05, 0) is 48.3 Å². The summed E-state index contributed by atoms with van der Waals surface area (Å²) in [5, 5.41) is 3.36. The predicted molar refractivity (Wildman–Crippen MR) is 71.4 cm³/mol. The van der Waals surface area contributed by atoms with E-state index in [1.807, 2.05) is 12.4 Å². The van der Waals surface area contributed by atoms with Crippen LogP contribution in [-0.4, -0.2) is 29.2 Å². The van der Waals surface area contributed by atoms with E-state index in [0.717, 1.165) is 35.6 Å². The molecular weight excluding hydrogens is 317 g/mol. The summed E-state index contributed by atoms with van der Waals surface area (Å²) in [6.45, 7) is 3.95. The van der Waals surface area contributed by atoms with Crippen molar-refractivity contribution < 1.29 is 4.74 Å². The van der Waals surface area contributed by atoms with E-state index in [0.29, 0.717) is 12.0 Å². The number of rotatable bonds is 3. The summed E-state index contributed by atoms with van der Waals surface area (Å²) < 4.78 is 6.41. The molecule has 1 saturated heterocycles. The van der Waals surface area contributed by atoms with Crippen molar-refractivity contribution in [3.05, 3.63) is 16.0 Å². The van der Waals surface area contributed by atoms with Gasteiger partial charge in [0.25, 0.3) is 0 Å². The third kappa shape index (κ3) is 3.28. The van der Waals surface area contributed by atoms with E-state index >= 15 is 0 Å². The Balaban J connectivity index is 1.90. The van der Waals surface area contributed by atoms with Crippen LogP contribution in [0.5, 0.6) is 0 Å².